The van der Waals surface area contributed by atoms with Gasteiger partial charge in [-0.1, -0.05) is 46.5 Å². The number of anilines is 1. The third kappa shape index (κ3) is 5.71. The molecule has 154 valence electrons. The number of carbonyl (C=O) groups excluding carboxylic acids is 1. The lowest BCUT2D eigenvalue weighted by atomic mass is 10.2. The molecule has 0 aliphatic rings. The van der Waals surface area contributed by atoms with Gasteiger partial charge in [-0.25, -0.2) is 4.39 Å². The second kappa shape index (κ2) is 9.92. The van der Waals surface area contributed by atoms with E-state index in [1.54, 1.807) is 23.5 Å². The fourth-order valence-corrected chi connectivity index (χ4v) is 4.86. The molecule has 0 saturated heterocycles. The number of carbonyl (C=O) groups is 1. The number of hydrogen-bond donors (Lipinski definition) is 1. The minimum Gasteiger partial charge on any atom is -0.339 e. The van der Waals surface area contributed by atoms with Gasteiger partial charge in [-0.3, -0.25) is 4.79 Å². The molecule has 3 heterocycles. The maximum absolute atomic E-state index is 12.9. The minimum absolute atomic E-state index is 0.140. The molecule has 0 saturated carbocycles. The molecule has 11 heteroatoms. The van der Waals surface area contributed by atoms with E-state index >= 15 is 0 Å². The van der Waals surface area contributed by atoms with Crippen LogP contribution in [0.4, 0.5) is 9.52 Å². The van der Waals surface area contributed by atoms with Crippen LogP contribution in [0.25, 0.3) is 10.7 Å². The summed E-state index contributed by atoms with van der Waals surface area (Å²) < 4.78 is 18.9. The Labute approximate surface area is 183 Å². The van der Waals surface area contributed by atoms with Crippen LogP contribution in [0.5, 0.6) is 0 Å². The van der Waals surface area contributed by atoms with E-state index in [1.165, 1.54) is 35.2 Å². The lowest BCUT2D eigenvalue weighted by molar-refractivity contribution is -0.116. The Morgan fingerprint density at radius 1 is 1.20 bits per heavy atom. The number of aromatic nitrogens is 4. The molecule has 0 bridgehead atoms. The van der Waals surface area contributed by atoms with Gasteiger partial charge in [-0.15, -0.1) is 21.5 Å². The van der Waals surface area contributed by atoms with E-state index in [1.807, 2.05) is 17.5 Å². The highest BCUT2D eigenvalue weighted by molar-refractivity contribution is 8.00. The fourth-order valence-electron chi connectivity index (χ4n) is 2.49. The summed E-state index contributed by atoms with van der Waals surface area (Å²) in [7, 11) is 0. The van der Waals surface area contributed by atoms with Crippen LogP contribution in [0.2, 0.25) is 0 Å². The van der Waals surface area contributed by atoms with Crippen molar-refractivity contribution in [1.29, 1.82) is 0 Å². The summed E-state index contributed by atoms with van der Waals surface area (Å²) in [6.07, 6.45) is 1.43. The van der Waals surface area contributed by atoms with E-state index in [2.05, 4.69) is 25.7 Å². The van der Waals surface area contributed by atoms with Gasteiger partial charge < -0.3 is 9.84 Å². The second-order valence-corrected chi connectivity index (χ2v) is 9.33. The fraction of sp³-hybridized carbons (Fsp3) is 0.211. The van der Waals surface area contributed by atoms with Gasteiger partial charge in [0.25, 0.3) is 0 Å². The van der Waals surface area contributed by atoms with Crippen molar-refractivity contribution in [3.8, 4) is 10.7 Å². The highest BCUT2D eigenvalue weighted by atomic mass is 32.2. The number of nitrogens with zero attached hydrogens (tertiary/aromatic N) is 4. The zero-order chi connectivity index (χ0) is 20.8. The Balaban J connectivity index is 1.19. The van der Waals surface area contributed by atoms with Gasteiger partial charge in [-0.2, -0.15) is 4.98 Å². The zero-order valence-electron chi connectivity index (χ0n) is 15.6. The molecule has 0 spiro atoms. The minimum atomic E-state index is -0.258. The molecule has 1 amide bonds. The molecule has 7 nitrogen and oxygen atoms in total. The summed E-state index contributed by atoms with van der Waals surface area (Å²) >= 11 is 4.34. The highest BCUT2D eigenvalue weighted by Gasteiger charge is 2.12. The van der Waals surface area contributed by atoms with Gasteiger partial charge in [-0.05, 0) is 35.6 Å². The monoisotopic (exact) mass is 461 g/mol. The van der Waals surface area contributed by atoms with E-state index in [4.69, 9.17) is 4.52 Å². The largest absolute Gasteiger partial charge is 0.339 e. The first-order valence-corrected chi connectivity index (χ1v) is 11.7. The quantitative estimate of drug-likeness (QED) is 0.276. The van der Waals surface area contributed by atoms with Crippen LogP contribution in [0.1, 0.15) is 24.3 Å². The number of amides is 1. The molecule has 0 radical (unpaired) electrons. The first-order valence-electron chi connectivity index (χ1n) is 9.03. The number of thioether (sulfide) groups is 1. The maximum Gasteiger partial charge on any atom is 0.226 e. The molecule has 0 fully saturated rings. The van der Waals surface area contributed by atoms with Crippen LogP contribution in [-0.4, -0.2) is 26.2 Å². The molecule has 3 aromatic heterocycles. The topological polar surface area (TPSA) is 93.8 Å². The van der Waals surface area contributed by atoms with Crippen LogP contribution < -0.4 is 5.32 Å². The van der Waals surface area contributed by atoms with Crippen molar-refractivity contribution in [2.75, 3.05) is 5.32 Å². The Bertz CT molecular complexity index is 1100. The number of halogens is 1. The van der Waals surface area contributed by atoms with Crippen molar-refractivity contribution in [1.82, 2.24) is 20.3 Å². The lowest BCUT2D eigenvalue weighted by Crippen LogP contribution is -2.11. The van der Waals surface area contributed by atoms with Gasteiger partial charge in [0.15, 0.2) is 4.34 Å². The number of thiophene rings is 1. The second-order valence-electron chi connectivity index (χ2n) is 6.18. The first kappa shape index (κ1) is 20.6. The van der Waals surface area contributed by atoms with Crippen molar-refractivity contribution >= 4 is 45.5 Å². The summed E-state index contributed by atoms with van der Waals surface area (Å²) in [6.45, 7) is 0. The van der Waals surface area contributed by atoms with Gasteiger partial charge in [0, 0.05) is 18.6 Å². The smallest absolute Gasteiger partial charge is 0.226 e. The summed E-state index contributed by atoms with van der Waals surface area (Å²) in [5.41, 5.74) is 0.991. The van der Waals surface area contributed by atoms with E-state index < -0.39 is 0 Å². The van der Waals surface area contributed by atoms with Gasteiger partial charge in [0.2, 0.25) is 22.8 Å². The average molecular weight is 462 g/mol. The summed E-state index contributed by atoms with van der Waals surface area (Å²) in [5.74, 6) is 1.34. The molecular formula is C19H16FN5O2S3. The standard InChI is InChI=1S/C19H16FN5O2S3/c20-13-8-6-12(7-9-13)11-29-19-24-23-18(30-19)21-15(26)4-1-5-16-22-17(25-27-16)14-3-2-10-28-14/h2-3,6-10H,1,4-5,11H2,(H,21,23,26). The zero-order valence-corrected chi connectivity index (χ0v) is 18.0. The maximum atomic E-state index is 12.9. The summed E-state index contributed by atoms with van der Waals surface area (Å²) in [5, 5.41) is 17.2. The first-order chi connectivity index (χ1) is 14.7. The molecular weight excluding hydrogens is 445 g/mol. The lowest BCUT2D eigenvalue weighted by Gasteiger charge is -1.99. The van der Waals surface area contributed by atoms with E-state index in [0.29, 0.717) is 41.9 Å². The van der Waals surface area contributed by atoms with Crippen LogP contribution in [-0.2, 0) is 17.0 Å². The average Bonchev–Trinajstić information content (AvgIpc) is 3.49. The SMILES string of the molecule is O=C(CCCc1nc(-c2cccs2)no1)Nc1nnc(SCc2ccc(F)cc2)s1. The van der Waals surface area contributed by atoms with Crippen LogP contribution >= 0.6 is 34.4 Å². The molecule has 1 N–H and O–H groups in total. The van der Waals surface area contributed by atoms with E-state index in [9.17, 15) is 9.18 Å². The molecule has 1 aromatic carbocycles. The van der Waals surface area contributed by atoms with Gasteiger partial charge in [0.05, 0.1) is 4.88 Å². The van der Waals surface area contributed by atoms with E-state index in [0.717, 1.165) is 14.8 Å². The van der Waals surface area contributed by atoms with Crippen molar-refractivity contribution < 1.29 is 13.7 Å². The Morgan fingerprint density at radius 2 is 2.07 bits per heavy atom. The Hall–Kier alpha value is -2.63. The third-order valence-electron chi connectivity index (χ3n) is 3.93. The van der Waals surface area contributed by atoms with E-state index in [-0.39, 0.29) is 11.7 Å². The van der Waals surface area contributed by atoms with Crippen molar-refractivity contribution in [3.05, 3.63) is 59.0 Å². The summed E-state index contributed by atoms with van der Waals surface area (Å²) in [6, 6.07) is 10.2. The molecule has 4 aromatic rings. The Morgan fingerprint density at radius 3 is 2.87 bits per heavy atom. The molecule has 0 aliphatic heterocycles. The predicted octanol–water partition coefficient (Wildman–Crippen LogP) is 5.04. The normalized spacial score (nSPS) is 11.0. The summed E-state index contributed by atoms with van der Waals surface area (Å²) in [4.78, 5) is 17.4. The molecule has 0 unspecified atom stereocenters. The predicted molar refractivity (Wildman–Crippen MR) is 115 cm³/mol. The third-order valence-corrected chi connectivity index (χ3v) is 6.84. The van der Waals surface area contributed by atoms with Crippen LogP contribution in [0.15, 0.2) is 50.6 Å². The molecule has 0 aliphatic carbocycles. The van der Waals surface area contributed by atoms with Crippen molar-refractivity contribution in [2.45, 2.75) is 29.4 Å². The number of aryl methyl sites for hydroxylation is 1. The number of hydrogen-bond acceptors (Lipinski definition) is 9. The van der Waals surface area contributed by atoms with Crippen molar-refractivity contribution in [3.63, 3.8) is 0 Å². The molecule has 0 atom stereocenters. The van der Waals surface area contributed by atoms with Gasteiger partial charge in [0.1, 0.15) is 5.82 Å². The Kier molecular flexibility index (Phi) is 6.82. The highest BCUT2D eigenvalue weighted by Crippen LogP contribution is 2.28. The molecule has 4 rings (SSSR count). The van der Waals surface area contributed by atoms with Crippen molar-refractivity contribution in [2.24, 2.45) is 0 Å². The molecule has 30 heavy (non-hydrogen) atoms. The van der Waals surface area contributed by atoms with Gasteiger partial charge >= 0.3 is 0 Å². The number of benzene rings is 1. The van der Waals surface area contributed by atoms with Crippen LogP contribution in [0, 0.1) is 5.82 Å². The number of nitrogens with one attached hydrogen (secondary N) is 1. The van der Waals surface area contributed by atoms with Crippen LogP contribution in [0.3, 0.4) is 0 Å². The number of rotatable bonds is 9.